The quantitative estimate of drug-likeness (QED) is 0.656. The molecule has 11 heteroatoms. The molecule has 1 aromatic carbocycles. The lowest BCUT2D eigenvalue weighted by molar-refractivity contribution is -0.148. The second kappa shape index (κ2) is 8.36. The van der Waals surface area contributed by atoms with E-state index in [1.54, 1.807) is 0 Å². The fourth-order valence-corrected chi connectivity index (χ4v) is 2.59. The van der Waals surface area contributed by atoms with Crippen LogP contribution in [-0.4, -0.2) is 57.9 Å². The second-order valence-corrected chi connectivity index (χ2v) is 6.55. The van der Waals surface area contributed by atoms with Gasteiger partial charge < -0.3 is 10.1 Å². The number of esters is 1. The van der Waals surface area contributed by atoms with E-state index in [9.17, 15) is 27.2 Å². The van der Waals surface area contributed by atoms with Gasteiger partial charge in [0.1, 0.15) is 12.4 Å². The van der Waals surface area contributed by atoms with Crippen molar-refractivity contribution in [2.24, 2.45) is 0 Å². The molecule has 0 aliphatic heterocycles. The number of ether oxygens (including phenoxy) is 1. The van der Waals surface area contributed by atoms with E-state index in [0.717, 1.165) is 31.3 Å². The normalized spacial score (nSPS) is 11.0. The third kappa shape index (κ3) is 5.59. The van der Waals surface area contributed by atoms with Crippen LogP contribution in [-0.2, 0) is 24.3 Å². The number of nitrogens with zero attached hydrogens (tertiary/aromatic N) is 1. The predicted molar refractivity (Wildman–Crippen MR) is 79.8 cm³/mol. The molecule has 0 heterocycles. The summed E-state index contributed by atoms with van der Waals surface area (Å²) in [6.45, 7) is -1.40. The molecule has 0 aliphatic carbocycles. The summed E-state index contributed by atoms with van der Waals surface area (Å²) in [6.07, 6.45) is 0. The van der Waals surface area contributed by atoms with Crippen LogP contribution in [0, 0.1) is 5.82 Å². The molecule has 0 unspecified atom stereocenters. The first kappa shape index (κ1) is 19.5. The van der Waals surface area contributed by atoms with Crippen molar-refractivity contribution in [1.82, 2.24) is 14.9 Å². The van der Waals surface area contributed by atoms with Crippen LogP contribution in [0.4, 0.5) is 9.18 Å². The van der Waals surface area contributed by atoms with E-state index in [2.05, 4.69) is 10.1 Å². The van der Waals surface area contributed by atoms with Gasteiger partial charge in [-0.25, -0.2) is 17.6 Å². The molecule has 0 fully saturated rings. The highest BCUT2D eigenvalue weighted by atomic mass is 32.2. The van der Waals surface area contributed by atoms with Gasteiger partial charge in [0.25, 0.3) is 5.91 Å². The molecule has 0 saturated heterocycles. The highest BCUT2D eigenvalue weighted by Gasteiger charge is 2.24. The van der Waals surface area contributed by atoms with Gasteiger partial charge in [-0.05, 0) is 24.3 Å². The van der Waals surface area contributed by atoms with Crippen LogP contribution < -0.4 is 10.6 Å². The number of carbonyl (C=O) groups is 3. The maximum atomic E-state index is 12.8. The average Bonchev–Trinajstić information content (AvgIpc) is 2.53. The molecule has 0 aromatic heterocycles. The lowest BCUT2D eigenvalue weighted by atomic mass is 10.4. The summed E-state index contributed by atoms with van der Waals surface area (Å²) in [5.41, 5.74) is 0. The maximum Gasteiger partial charge on any atom is 0.321 e. The number of likely N-dealkylation sites (N-methyl/N-ethyl adjacent to an activating group) is 1. The third-order valence-corrected chi connectivity index (χ3v) is 4.54. The summed E-state index contributed by atoms with van der Waals surface area (Å²) >= 11 is 0. The van der Waals surface area contributed by atoms with E-state index in [1.165, 1.54) is 7.05 Å². The Kier molecular flexibility index (Phi) is 6.80. The molecule has 0 aliphatic rings. The van der Waals surface area contributed by atoms with Gasteiger partial charge in [-0.1, -0.05) is 0 Å². The zero-order valence-electron chi connectivity index (χ0n) is 12.9. The number of sulfonamides is 1. The molecule has 1 aromatic rings. The molecule has 24 heavy (non-hydrogen) atoms. The Balaban J connectivity index is 2.58. The maximum absolute atomic E-state index is 12.8. The minimum absolute atomic E-state index is 0.198. The lowest BCUT2D eigenvalue weighted by Gasteiger charge is -2.16. The third-order valence-electron chi connectivity index (χ3n) is 2.72. The number of nitrogens with one attached hydrogen (secondary N) is 2. The molecule has 3 amide bonds. The van der Waals surface area contributed by atoms with Crippen LogP contribution >= 0.6 is 0 Å². The van der Waals surface area contributed by atoms with E-state index < -0.39 is 46.9 Å². The Bertz CT molecular complexity index is 720. The van der Waals surface area contributed by atoms with Gasteiger partial charge in [0, 0.05) is 14.1 Å². The lowest BCUT2D eigenvalue weighted by Crippen LogP contribution is -2.40. The molecular weight excluding hydrogens is 345 g/mol. The zero-order valence-corrected chi connectivity index (χ0v) is 13.7. The summed E-state index contributed by atoms with van der Waals surface area (Å²) in [7, 11) is -1.59. The second-order valence-electron chi connectivity index (χ2n) is 4.50. The van der Waals surface area contributed by atoms with Crippen molar-refractivity contribution in [3.8, 4) is 0 Å². The molecule has 0 radical (unpaired) electrons. The number of halogens is 1. The number of rotatable bonds is 6. The van der Waals surface area contributed by atoms with Gasteiger partial charge in [0.15, 0.2) is 6.61 Å². The van der Waals surface area contributed by atoms with Crippen molar-refractivity contribution in [2.75, 3.05) is 27.2 Å². The summed E-state index contributed by atoms with van der Waals surface area (Å²) in [5.74, 6) is -2.46. The predicted octanol–water partition coefficient (Wildman–Crippen LogP) is -0.555. The Morgan fingerprint density at radius 1 is 1.21 bits per heavy atom. The highest BCUT2D eigenvalue weighted by Crippen LogP contribution is 2.14. The minimum atomic E-state index is -4.01. The zero-order chi connectivity index (χ0) is 18.3. The molecule has 132 valence electrons. The number of amides is 3. The molecule has 0 bridgehead atoms. The van der Waals surface area contributed by atoms with Crippen molar-refractivity contribution < 1.29 is 31.9 Å². The SMILES string of the molecule is CNC(=O)NC(=O)COC(=O)CN(C)S(=O)(=O)c1ccc(F)cc1. The van der Waals surface area contributed by atoms with Gasteiger partial charge in [0.05, 0.1) is 4.90 Å². The number of hydrogen-bond donors (Lipinski definition) is 2. The van der Waals surface area contributed by atoms with E-state index in [0.29, 0.717) is 4.31 Å². The molecule has 0 spiro atoms. The summed E-state index contributed by atoms with van der Waals surface area (Å²) < 4.78 is 42.4. The van der Waals surface area contributed by atoms with Gasteiger partial charge in [0.2, 0.25) is 10.0 Å². The molecule has 9 nitrogen and oxygen atoms in total. The number of benzene rings is 1. The Hall–Kier alpha value is -2.53. The highest BCUT2D eigenvalue weighted by molar-refractivity contribution is 7.89. The average molecular weight is 361 g/mol. The van der Waals surface area contributed by atoms with Crippen molar-refractivity contribution in [1.29, 1.82) is 0 Å². The van der Waals surface area contributed by atoms with E-state index in [4.69, 9.17) is 0 Å². The van der Waals surface area contributed by atoms with Crippen molar-refractivity contribution in [3.63, 3.8) is 0 Å². The van der Waals surface area contributed by atoms with Gasteiger partial charge in [-0.3, -0.25) is 14.9 Å². The van der Waals surface area contributed by atoms with Crippen LogP contribution in [0.2, 0.25) is 0 Å². The number of hydrogen-bond acceptors (Lipinski definition) is 6. The standard InChI is InChI=1S/C13H16FN3O6S/c1-15-13(20)16-11(18)8-23-12(19)7-17(2)24(21,22)10-5-3-9(14)4-6-10/h3-6H,7-8H2,1-2H3,(H2,15,16,18,20). The smallest absolute Gasteiger partial charge is 0.321 e. The Morgan fingerprint density at radius 3 is 2.33 bits per heavy atom. The Labute approximate surface area is 137 Å². The van der Waals surface area contributed by atoms with E-state index in [1.807, 2.05) is 5.32 Å². The van der Waals surface area contributed by atoms with Crippen molar-refractivity contribution >= 4 is 27.9 Å². The Morgan fingerprint density at radius 2 is 1.79 bits per heavy atom. The fourth-order valence-electron chi connectivity index (χ4n) is 1.47. The monoisotopic (exact) mass is 361 g/mol. The van der Waals surface area contributed by atoms with Gasteiger partial charge in [-0.2, -0.15) is 4.31 Å². The summed E-state index contributed by atoms with van der Waals surface area (Å²) in [4.78, 5) is 33.5. The molecular formula is C13H16FN3O6S. The van der Waals surface area contributed by atoms with Crippen LogP contribution in [0.3, 0.4) is 0 Å². The molecule has 0 atom stereocenters. The summed E-state index contributed by atoms with van der Waals surface area (Å²) in [6, 6.07) is 3.30. The van der Waals surface area contributed by atoms with Gasteiger partial charge in [-0.15, -0.1) is 0 Å². The first-order valence-electron chi connectivity index (χ1n) is 6.56. The van der Waals surface area contributed by atoms with Gasteiger partial charge >= 0.3 is 12.0 Å². The number of imide groups is 1. The molecule has 0 saturated carbocycles. The molecule has 1 rings (SSSR count). The van der Waals surface area contributed by atoms with Crippen LogP contribution in [0.15, 0.2) is 29.2 Å². The first-order valence-corrected chi connectivity index (χ1v) is 8.00. The fraction of sp³-hybridized carbons (Fsp3) is 0.308. The molecule has 2 N–H and O–H groups in total. The topological polar surface area (TPSA) is 122 Å². The van der Waals surface area contributed by atoms with Crippen molar-refractivity contribution in [2.45, 2.75) is 4.90 Å². The number of carbonyl (C=O) groups excluding carboxylic acids is 3. The largest absolute Gasteiger partial charge is 0.455 e. The summed E-state index contributed by atoms with van der Waals surface area (Å²) in [5, 5.41) is 4.00. The van der Waals surface area contributed by atoms with Crippen molar-refractivity contribution in [3.05, 3.63) is 30.1 Å². The van der Waals surface area contributed by atoms with E-state index in [-0.39, 0.29) is 4.90 Å². The first-order chi connectivity index (χ1) is 11.2. The number of urea groups is 1. The van der Waals surface area contributed by atoms with Crippen LogP contribution in [0.1, 0.15) is 0 Å². The van der Waals surface area contributed by atoms with Crippen LogP contribution in [0.25, 0.3) is 0 Å². The van der Waals surface area contributed by atoms with E-state index >= 15 is 0 Å². The van der Waals surface area contributed by atoms with Crippen LogP contribution in [0.5, 0.6) is 0 Å². The minimum Gasteiger partial charge on any atom is -0.455 e.